The lowest BCUT2D eigenvalue weighted by Gasteiger charge is -2.32. The SMILES string of the molecule is Cc1cccc(CN(C(=O)CN(c2ccc(Cl)cc2C)S(C)(=O)=O)[C@H](C)C(=O)NC2CCCC2)c1. The van der Waals surface area contributed by atoms with Crippen molar-refractivity contribution in [2.75, 3.05) is 17.1 Å². The van der Waals surface area contributed by atoms with Crippen LogP contribution in [0.25, 0.3) is 0 Å². The number of nitrogens with zero attached hydrogens (tertiary/aromatic N) is 2. The van der Waals surface area contributed by atoms with Crippen LogP contribution in [0.1, 0.15) is 49.3 Å². The molecule has 1 aliphatic rings. The predicted octanol–water partition coefficient (Wildman–Crippen LogP) is 4.20. The van der Waals surface area contributed by atoms with Crippen LogP contribution < -0.4 is 9.62 Å². The van der Waals surface area contributed by atoms with E-state index in [2.05, 4.69) is 5.32 Å². The van der Waals surface area contributed by atoms with Crippen molar-refractivity contribution in [2.24, 2.45) is 0 Å². The molecule has 1 atom stereocenters. The third kappa shape index (κ3) is 7.21. The Morgan fingerprint density at radius 2 is 1.80 bits per heavy atom. The van der Waals surface area contributed by atoms with Crippen molar-refractivity contribution in [2.45, 2.75) is 65.1 Å². The molecule has 0 aliphatic heterocycles. The number of hydrogen-bond donors (Lipinski definition) is 1. The number of sulfonamides is 1. The van der Waals surface area contributed by atoms with E-state index in [0.29, 0.717) is 16.3 Å². The van der Waals surface area contributed by atoms with Crippen molar-refractivity contribution >= 4 is 39.1 Å². The van der Waals surface area contributed by atoms with Crippen LogP contribution in [0.15, 0.2) is 42.5 Å². The molecule has 2 aromatic carbocycles. The van der Waals surface area contributed by atoms with E-state index in [-0.39, 0.29) is 18.5 Å². The van der Waals surface area contributed by atoms with Gasteiger partial charge in [-0.2, -0.15) is 0 Å². The third-order valence-electron chi connectivity index (χ3n) is 6.41. The fraction of sp³-hybridized carbons (Fsp3) is 0.462. The Balaban J connectivity index is 1.90. The molecule has 3 rings (SSSR count). The lowest BCUT2D eigenvalue weighted by Crippen LogP contribution is -2.52. The summed E-state index contributed by atoms with van der Waals surface area (Å²) >= 11 is 6.05. The van der Waals surface area contributed by atoms with E-state index < -0.39 is 28.5 Å². The molecule has 2 amide bonds. The van der Waals surface area contributed by atoms with Gasteiger partial charge in [-0.05, 0) is 62.9 Å². The first-order valence-electron chi connectivity index (χ1n) is 11.8. The number of aryl methyl sites for hydroxylation is 2. The molecule has 0 spiro atoms. The number of anilines is 1. The molecule has 1 fully saturated rings. The van der Waals surface area contributed by atoms with E-state index >= 15 is 0 Å². The minimum Gasteiger partial charge on any atom is -0.352 e. The van der Waals surface area contributed by atoms with E-state index in [1.165, 1.54) is 4.90 Å². The van der Waals surface area contributed by atoms with Crippen LogP contribution in [0.2, 0.25) is 5.02 Å². The average Bonchev–Trinajstić information content (AvgIpc) is 3.28. The van der Waals surface area contributed by atoms with Crippen LogP contribution in [0.4, 0.5) is 5.69 Å². The summed E-state index contributed by atoms with van der Waals surface area (Å²) in [6, 6.07) is 11.9. The van der Waals surface area contributed by atoms with Crippen LogP contribution in [0.5, 0.6) is 0 Å². The van der Waals surface area contributed by atoms with Gasteiger partial charge in [0.15, 0.2) is 0 Å². The van der Waals surface area contributed by atoms with Gasteiger partial charge in [-0.1, -0.05) is 54.3 Å². The summed E-state index contributed by atoms with van der Waals surface area (Å²) in [4.78, 5) is 28.2. The quantitative estimate of drug-likeness (QED) is 0.538. The van der Waals surface area contributed by atoms with E-state index in [4.69, 9.17) is 11.6 Å². The molecule has 7 nitrogen and oxygen atoms in total. The predicted molar refractivity (Wildman–Crippen MR) is 140 cm³/mol. The zero-order chi connectivity index (χ0) is 25.8. The van der Waals surface area contributed by atoms with Crippen LogP contribution in [0.3, 0.4) is 0 Å². The van der Waals surface area contributed by atoms with E-state index in [9.17, 15) is 18.0 Å². The van der Waals surface area contributed by atoms with Crippen LogP contribution >= 0.6 is 11.6 Å². The lowest BCUT2D eigenvalue weighted by molar-refractivity contribution is -0.139. The number of amides is 2. The number of halogens is 1. The highest BCUT2D eigenvalue weighted by molar-refractivity contribution is 7.92. The molecule has 190 valence electrons. The van der Waals surface area contributed by atoms with Crippen LogP contribution in [-0.4, -0.2) is 50.0 Å². The highest BCUT2D eigenvalue weighted by Gasteiger charge is 2.31. The molecular formula is C26H34ClN3O4S. The molecule has 2 aromatic rings. The fourth-order valence-corrected chi connectivity index (χ4v) is 5.61. The van der Waals surface area contributed by atoms with E-state index in [0.717, 1.165) is 47.4 Å². The molecular weight excluding hydrogens is 486 g/mol. The molecule has 0 radical (unpaired) electrons. The Hall–Kier alpha value is -2.58. The van der Waals surface area contributed by atoms with Crippen molar-refractivity contribution in [3.05, 3.63) is 64.2 Å². The Bertz CT molecular complexity index is 1180. The highest BCUT2D eigenvalue weighted by Crippen LogP contribution is 2.26. The number of hydrogen-bond acceptors (Lipinski definition) is 4. The second kappa shape index (κ2) is 11.4. The number of rotatable bonds is 9. The molecule has 35 heavy (non-hydrogen) atoms. The molecule has 1 N–H and O–H groups in total. The molecule has 0 unspecified atom stereocenters. The molecule has 0 bridgehead atoms. The normalized spacial score (nSPS) is 15.0. The van der Waals surface area contributed by atoms with Gasteiger partial charge in [0.25, 0.3) is 0 Å². The summed E-state index contributed by atoms with van der Waals surface area (Å²) in [5, 5.41) is 3.54. The molecule has 0 aromatic heterocycles. The molecule has 1 saturated carbocycles. The zero-order valence-corrected chi connectivity index (χ0v) is 22.3. The zero-order valence-electron chi connectivity index (χ0n) is 20.8. The second-order valence-electron chi connectivity index (χ2n) is 9.38. The topological polar surface area (TPSA) is 86.8 Å². The molecule has 0 saturated heterocycles. The molecule has 0 heterocycles. The average molecular weight is 520 g/mol. The van der Waals surface area contributed by atoms with Gasteiger partial charge in [0.1, 0.15) is 12.6 Å². The van der Waals surface area contributed by atoms with Crippen molar-refractivity contribution in [3.63, 3.8) is 0 Å². The lowest BCUT2D eigenvalue weighted by atomic mass is 10.1. The number of carbonyl (C=O) groups excluding carboxylic acids is 2. The van der Waals surface area contributed by atoms with Crippen molar-refractivity contribution in [1.29, 1.82) is 0 Å². The summed E-state index contributed by atoms with van der Waals surface area (Å²) < 4.78 is 26.5. The molecule has 1 aliphatic carbocycles. The maximum atomic E-state index is 13.6. The summed E-state index contributed by atoms with van der Waals surface area (Å²) in [6.07, 6.45) is 5.09. The summed E-state index contributed by atoms with van der Waals surface area (Å²) in [5.74, 6) is -0.688. The van der Waals surface area contributed by atoms with Gasteiger partial charge in [0.05, 0.1) is 11.9 Å². The van der Waals surface area contributed by atoms with Gasteiger partial charge < -0.3 is 10.2 Å². The minimum atomic E-state index is -3.78. The monoisotopic (exact) mass is 519 g/mol. The summed E-state index contributed by atoms with van der Waals surface area (Å²) in [5.41, 5.74) is 2.91. The smallest absolute Gasteiger partial charge is 0.244 e. The number of carbonyl (C=O) groups is 2. The first kappa shape index (κ1) is 27.0. The minimum absolute atomic E-state index is 0.116. The Morgan fingerprint density at radius 1 is 1.11 bits per heavy atom. The van der Waals surface area contributed by atoms with Crippen molar-refractivity contribution < 1.29 is 18.0 Å². The first-order valence-corrected chi connectivity index (χ1v) is 14.1. The Morgan fingerprint density at radius 3 is 2.40 bits per heavy atom. The highest BCUT2D eigenvalue weighted by atomic mass is 35.5. The van der Waals surface area contributed by atoms with Gasteiger partial charge in [0.2, 0.25) is 21.8 Å². The number of benzene rings is 2. The maximum Gasteiger partial charge on any atom is 0.244 e. The van der Waals surface area contributed by atoms with Gasteiger partial charge in [0, 0.05) is 17.6 Å². The third-order valence-corrected chi connectivity index (χ3v) is 7.77. The standard InChI is InChI=1S/C26H34ClN3O4S/c1-18-8-7-9-21(14-18)16-29(20(3)26(32)28-23-10-5-6-11-23)25(31)17-30(35(4,33)34)24-13-12-22(27)15-19(24)2/h7-9,12-15,20,23H,5-6,10-11,16-17H2,1-4H3,(H,28,32)/t20-/m1/s1. The Kier molecular flexibility index (Phi) is 8.83. The summed E-state index contributed by atoms with van der Waals surface area (Å²) in [7, 11) is -3.78. The second-order valence-corrected chi connectivity index (χ2v) is 11.7. The molecule has 9 heteroatoms. The van der Waals surface area contributed by atoms with Crippen LogP contribution in [-0.2, 0) is 26.2 Å². The van der Waals surface area contributed by atoms with Crippen LogP contribution in [0, 0.1) is 13.8 Å². The van der Waals surface area contributed by atoms with Crippen molar-refractivity contribution in [3.8, 4) is 0 Å². The first-order chi connectivity index (χ1) is 16.5. The Labute approximate surface area is 213 Å². The fourth-order valence-electron chi connectivity index (χ4n) is 4.48. The largest absolute Gasteiger partial charge is 0.352 e. The van der Waals surface area contributed by atoms with E-state index in [1.54, 1.807) is 32.0 Å². The maximum absolute atomic E-state index is 13.6. The van der Waals surface area contributed by atoms with Gasteiger partial charge in [-0.25, -0.2) is 8.42 Å². The van der Waals surface area contributed by atoms with Gasteiger partial charge in [-0.3, -0.25) is 13.9 Å². The van der Waals surface area contributed by atoms with E-state index in [1.807, 2.05) is 31.2 Å². The van der Waals surface area contributed by atoms with Crippen molar-refractivity contribution in [1.82, 2.24) is 10.2 Å². The van der Waals surface area contributed by atoms with Gasteiger partial charge in [-0.15, -0.1) is 0 Å². The number of nitrogens with one attached hydrogen (secondary N) is 1. The summed E-state index contributed by atoms with van der Waals surface area (Å²) in [6.45, 7) is 5.16. The van der Waals surface area contributed by atoms with Gasteiger partial charge >= 0.3 is 0 Å².